The maximum Gasteiger partial charge on any atom is 0.225 e. The zero-order valence-electron chi connectivity index (χ0n) is 16.8. The number of hydrogen-bond acceptors (Lipinski definition) is 4. The Balaban J connectivity index is 1.61. The van der Waals surface area contributed by atoms with E-state index in [0.717, 1.165) is 36.1 Å². The summed E-state index contributed by atoms with van der Waals surface area (Å²) in [4.78, 5) is 23.1. The Hall–Kier alpha value is -3.12. The topological polar surface area (TPSA) is 72.1 Å². The van der Waals surface area contributed by atoms with Crippen molar-refractivity contribution in [2.24, 2.45) is 11.1 Å². The van der Waals surface area contributed by atoms with E-state index < -0.39 is 5.41 Å². The van der Waals surface area contributed by atoms with Gasteiger partial charge in [0.1, 0.15) is 12.1 Å². The van der Waals surface area contributed by atoms with Crippen LogP contribution in [0.2, 0.25) is 0 Å². The Kier molecular flexibility index (Phi) is 5.86. The van der Waals surface area contributed by atoms with Gasteiger partial charge in [0.2, 0.25) is 5.91 Å². The molecule has 1 saturated heterocycles. The summed E-state index contributed by atoms with van der Waals surface area (Å²) in [5, 5.41) is 0. The lowest BCUT2D eigenvalue weighted by Gasteiger charge is -2.41. The molecule has 2 aromatic carbocycles. The van der Waals surface area contributed by atoms with Gasteiger partial charge in [-0.05, 0) is 43.0 Å². The first-order chi connectivity index (χ1) is 14.6. The Morgan fingerprint density at radius 1 is 1.07 bits per heavy atom. The van der Waals surface area contributed by atoms with E-state index in [9.17, 15) is 9.18 Å². The number of halogens is 1. The van der Waals surface area contributed by atoms with Crippen molar-refractivity contribution in [1.82, 2.24) is 14.9 Å². The summed E-state index contributed by atoms with van der Waals surface area (Å²) in [6.45, 7) is 1.80. The fraction of sp³-hybridized carbons (Fsp3) is 0.292. The van der Waals surface area contributed by atoms with Gasteiger partial charge in [0.25, 0.3) is 0 Å². The van der Waals surface area contributed by atoms with E-state index >= 15 is 0 Å². The van der Waals surface area contributed by atoms with Crippen molar-refractivity contribution in [2.75, 3.05) is 13.1 Å². The first kappa shape index (κ1) is 20.2. The molecule has 1 amide bonds. The van der Waals surface area contributed by atoms with Crippen LogP contribution in [0, 0.1) is 11.2 Å². The van der Waals surface area contributed by atoms with Crippen LogP contribution in [0.4, 0.5) is 4.39 Å². The van der Waals surface area contributed by atoms with Crippen LogP contribution in [-0.2, 0) is 17.8 Å². The summed E-state index contributed by atoms with van der Waals surface area (Å²) in [6, 6.07) is 14.8. The molecule has 1 aromatic heterocycles. The van der Waals surface area contributed by atoms with E-state index in [-0.39, 0.29) is 11.7 Å². The number of benzene rings is 2. The number of nitrogens with two attached hydrogens (primary N) is 1. The van der Waals surface area contributed by atoms with Crippen molar-refractivity contribution >= 4 is 5.91 Å². The maximum atomic E-state index is 14.2. The highest BCUT2D eigenvalue weighted by Gasteiger charge is 2.41. The third kappa shape index (κ3) is 4.24. The second kappa shape index (κ2) is 8.71. The maximum absolute atomic E-state index is 14.2. The number of piperidine rings is 1. The fourth-order valence-electron chi connectivity index (χ4n) is 4.42. The Labute approximate surface area is 175 Å². The van der Waals surface area contributed by atoms with Crippen LogP contribution in [0.1, 0.15) is 24.0 Å². The monoisotopic (exact) mass is 404 g/mol. The van der Waals surface area contributed by atoms with Crippen LogP contribution in [0.3, 0.4) is 0 Å². The molecule has 2 heterocycles. The van der Waals surface area contributed by atoms with Crippen LogP contribution >= 0.6 is 0 Å². The van der Waals surface area contributed by atoms with Crippen LogP contribution in [0.25, 0.3) is 11.1 Å². The molecule has 1 fully saturated rings. The van der Waals surface area contributed by atoms with Gasteiger partial charge in [0.15, 0.2) is 0 Å². The number of carbonyl (C=O) groups is 1. The molecule has 5 nitrogen and oxygen atoms in total. The number of rotatable bonds is 6. The minimum atomic E-state index is -0.699. The normalized spacial score (nSPS) is 19.5. The summed E-state index contributed by atoms with van der Waals surface area (Å²) < 4.78 is 14.2. The van der Waals surface area contributed by atoms with Crippen molar-refractivity contribution in [1.29, 1.82) is 0 Å². The van der Waals surface area contributed by atoms with E-state index in [4.69, 9.17) is 5.73 Å². The minimum Gasteiger partial charge on any atom is -0.369 e. The molecule has 30 heavy (non-hydrogen) atoms. The lowest BCUT2D eigenvalue weighted by atomic mass is 9.73. The van der Waals surface area contributed by atoms with Crippen molar-refractivity contribution < 1.29 is 9.18 Å². The van der Waals surface area contributed by atoms with Crippen molar-refractivity contribution in [3.05, 3.63) is 84.2 Å². The standard InChI is InChI=1S/C24H25FN4O/c25-22-9-4-2-7-19(22)15-29-11-5-10-24(16-29,23(26)30)12-18-6-1-3-8-21(18)20-13-27-17-28-14-20/h1-4,6-9,13-14,17H,5,10-12,15-16H2,(H2,26,30). The van der Waals surface area contributed by atoms with E-state index in [2.05, 4.69) is 14.9 Å². The lowest BCUT2D eigenvalue weighted by molar-refractivity contribution is -0.131. The molecule has 0 saturated carbocycles. The summed E-state index contributed by atoms with van der Waals surface area (Å²) >= 11 is 0. The van der Waals surface area contributed by atoms with Crippen LogP contribution in [0.15, 0.2) is 67.3 Å². The Morgan fingerprint density at radius 3 is 2.50 bits per heavy atom. The number of carbonyl (C=O) groups excluding carboxylic acids is 1. The second-order valence-corrected chi connectivity index (χ2v) is 8.01. The summed E-state index contributed by atoms with van der Waals surface area (Å²) in [7, 11) is 0. The lowest BCUT2D eigenvalue weighted by Crippen LogP contribution is -2.51. The zero-order valence-corrected chi connectivity index (χ0v) is 16.8. The molecule has 154 valence electrons. The first-order valence-corrected chi connectivity index (χ1v) is 10.2. The smallest absolute Gasteiger partial charge is 0.225 e. The minimum absolute atomic E-state index is 0.220. The van der Waals surface area contributed by atoms with Gasteiger partial charge in [0, 0.05) is 36.6 Å². The van der Waals surface area contributed by atoms with Crippen molar-refractivity contribution in [2.45, 2.75) is 25.8 Å². The van der Waals surface area contributed by atoms with Gasteiger partial charge in [0.05, 0.1) is 5.41 Å². The third-order valence-electron chi connectivity index (χ3n) is 5.95. The highest BCUT2D eigenvalue weighted by atomic mass is 19.1. The summed E-state index contributed by atoms with van der Waals surface area (Å²) in [5.41, 5.74) is 8.85. The largest absolute Gasteiger partial charge is 0.369 e. The van der Waals surface area contributed by atoms with E-state index in [1.807, 2.05) is 30.3 Å². The Morgan fingerprint density at radius 2 is 1.77 bits per heavy atom. The molecule has 1 unspecified atom stereocenters. The van der Waals surface area contributed by atoms with Gasteiger partial charge in [-0.1, -0.05) is 42.5 Å². The van der Waals surface area contributed by atoms with E-state index in [1.165, 1.54) is 12.4 Å². The van der Waals surface area contributed by atoms with Crippen LogP contribution in [0.5, 0.6) is 0 Å². The molecule has 6 heteroatoms. The molecule has 1 atom stereocenters. The van der Waals surface area contributed by atoms with Crippen molar-refractivity contribution in [3.63, 3.8) is 0 Å². The quantitative estimate of drug-likeness (QED) is 0.681. The summed E-state index contributed by atoms with van der Waals surface area (Å²) in [5.74, 6) is -0.526. The molecule has 1 aliphatic heterocycles. The van der Waals surface area contributed by atoms with Crippen LogP contribution < -0.4 is 5.73 Å². The third-order valence-corrected chi connectivity index (χ3v) is 5.95. The molecule has 1 aliphatic rings. The SMILES string of the molecule is NC(=O)C1(Cc2ccccc2-c2cncnc2)CCCN(Cc2ccccc2F)C1. The Bertz CT molecular complexity index is 1030. The van der Waals surface area contributed by atoms with Gasteiger partial charge in [-0.2, -0.15) is 0 Å². The van der Waals surface area contributed by atoms with Gasteiger partial charge in [-0.3, -0.25) is 9.69 Å². The van der Waals surface area contributed by atoms with E-state index in [0.29, 0.717) is 25.1 Å². The number of primary amides is 1. The molecule has 4 rings (SSSR count). The van der Waals surface area contributed by atoms with Crippen LogP contribution in [-0.4, -0.2) is 33.9 Å². The van der Waals surface area contributed by atoms with Gasteiger partial charge >= 0.3 is 0 Å². The highest BCUT2D eigenvalue weighted by Crippen LogP contribution is 2.37. The predicted octanol–water partition coefficient (Wildman–Crippen LogP) is 3.59. The number of aromatic nitrogens is 2. The van der Waals surface area contributed by atoms with Gasteiger partial charge in [-0.25, -0.2) is 14.4 Å². The molecule has 0 bridgehead atoms. The number of likely N-dealkylation sites (tertiary alicyclic amines) is 1. The molecule has 0 spiro atoms. The predicted molar refractivity (Wildman–Crippen MR) is 114 cm³/mol. The molecular formula is C24H25FN4O. The average molecular weight is 404 g/mol. The molecule has 2 N–H and O–H groups in total. The molecular weight excluding hydrogens is 379 g/mol. The zero-order chi connectivity index (χ0) is 21.0. The number of hydrogen-bond donors (Lipinski definition) is 1. The first-order valence-electron chi connectivity index (χ1n) is 10.2. The summed E-state index contributed by atoms with van der Waals surface area (Å²) in [6.07, 6.45) is 7.13. The highest BCUT2D eigenvalue weighted by molar-refractivity contribution is 5.82. The molecule has 0 radical (unpaired) electrons. The second-order valence-electron chi connectivity index (χ2n) is 8.01. The molecule has 0 aliphatic carbocycles. The van der Waals surface area contributed by atoms with Crippen molar-refractivity contribution in [3.8, 4) is 11.1 Å². The molecule has 3 aromatic rings. The average Bonchev–Trinajstić information content (AvgIpc) is 2.76. The van der Waals surface area contributed by atoms with E-state index in [1.54, 1.807) is 24.5 Å². The fourth-order valence-corrected chi connectivity index (χ4v) is 4.42. The van der Waals surface area contributed by atoms with Gasteiger partial charge < -0.3 is 5.73 Å². The van der Waals surface area contributed by atoms with Gasteiger partial charge in [-0.15, -0.1) is 0 Å². The number of amides is 1. The number of nitrogens with zero attached hydrogens (tertiary/aromatic N) is 3.